The van der Waals surface area contributed by atoms with E-state index in [9.17, 15) is 9.59 Å². The Morgan fingerprint density at radius 1 is 1.00 bits per heavy atom. The van der Waals surface area contributed by atoms with E-state index in [0.29, 0.717) is 13.0 Å². The van der Waals surface area contributed by atoms with Crippen LogP contribution in [0, 0.1) is 0 Å². The van der Waals surface area contributed by atoms with Gasteiger partial charge in [-0.05, 0) is 35.6 Å². The van der Waals surface area contributed by atoms with Gasteiger partial charge in [0.2, 0.25) is 0 Å². The van der Waals surface area contributed by atoms with Gasteiger partial charge in [0, 0.05) is 18.5 Å². The van der Waals surface area contributed by atoms with Crippen LogP contribution in [0.5, 0.6) is 0 Å². The molecular weight excluding hydrogens is 310 g/mol. The third kappa shape index (κ3) is 2.51. The molecule has 0 fully saturated rings. The molecule has 1 amide bonds. The molecule has 3 nitrogen and oxygen atoms in total. The summed E-state index contributed by atoms with van der Waals surface area (Å²) in [5, 5.41) is 0. The smallest absolute Gasteiger partial charge is 0.254 e. The molecule has 1 aliphatic heterocycles. The number of rotatable bonds is 4. The number of ketones is 1. The van der Waals surface area contributed by atoms with Crippen molar-refractivity contribution in [3.63, 3.8) is 0 Å². The van der Waals surface area contributed by atoms with E-state index in [1.807, 2.05) is 53.4 Å². The number of nitrogens with zero attached hydrogens (tertiary/aromatic N) is 1. The van der Waals surface area contributed by atoms with Gasteiger partial charge >= 0.3 is 0 Å². The second-order valence-electron chi connectivity index (χ2n) is 6.75. The standard InChI is InChI=1S/C22H21NO2/c1-2-3-14-23-21(17-10-6-7-11-18(17)22(23)25)20-16-9-5-4-8-15(16)12-13-19(20)24/h2,4-11,20-21H,1,3,12-14H2. The Hall–Kier alpha value is -2.68. The molecule has 0 spiro atoms. The number of hydrogen-bond acceptors (Lipinski definition) is 2. The van der Waals surface area contributed by atoms with Gasteiger partial charge in [-0.2, -0.15) is 0 Å². The molecule has 4 rings (SSSR count). The van der Waals surface area contributed by atoms with Crippen LogP contribution in [0.2, 0.25) is 0 Å². The fourth-order valence-corrected chi connectivity index (χ4v) is 4.23. The van der Waals surface area contributed by atoms with Crippen LogP contribution in [-0.4, -0.2) is 23.1 Å². The van der Waals surface area contributed by atoms with Crippen molar-refractivity contribution in [1.82, 2.24) is 4.90 Å². The monoisotopic (exact) mass is 331 g/mol. The zero-order valence-electron chi connectivity index (χ0n) is 14.2. The van der Waals surface area contributed by atoms with Gasteiger partial charge in [0.05, 0.1) is 12.0 Å². The molecule has 25 heavy (non-hydrogen) atoms. The summed E-state index contributed by atoms with van der Waals surface area (Å²) in [5.41, 5.74) is 4.02. The molecule has 2 aliphatic rings. The van der Waals surface area contributed by atoms with Crippen LogP contribution >= 0.6 is 0 Å². The molecule has 1 heterocycles. The van der Waals surface area contributed by atoms with Crippen LogP contribution in [0.25, 0.3) is 0 Å². The van der Waals surface area contributed by atoms with Crippen LogP contribution in [0.3, 0.4) is 0 Å². The summed E-state index contributed by atoms with van der Waals surface area (Å²) < 4.78 is 0. The fraction of sp³-hybridized carbons (Fsp3) is 0.273. The van der Waals surface area contributed by atoms with E-state index in [0.717, 1.165) is 29.5 Å². The Bertz CT molecular complexity index is 855. The van der Waals surface area contributed by atoms with Crippen molar-refractivity contribution in [1.29, 1.82) is 0 Å². The zero-order chi connectivity index (χ0) is 17.4. The van der Waals surface area contributed by atoms with E-state index >= 15 is 0 Å². The lowest BCUT2D eigenvalue weighted by atomic mass is 9.76. The first-order chi connectivity index (χ1) is 12.2. The van der Waals surface area contributed by atoms with E-state index in [1.54, 1.807) is 0 Å². The first kappa shape index (κ1) is 15.8. The first-order valence-corrected chi connectivity index (χ1v) is 8.83. The minimum Gasteiger partial charge on any atom is -0.330 e. The fourth-order valence-electron chi connectivity index (χ4n) is 4.23. The molecule has 2 unspecified atom stereocenters. The number of hydrogen-bond donors (Lipinski definition) is 0. The van der Waals surface area contributed by atoms with Crippen molar-refractivity contribution < 1.29 is 9.59 Å². The molecule has 0 saturated carbocycles. The van der Waals surface area contributed by atoms with Crippen molar-refractivity contribution in [3.8, 4) is 0 Å². The normalized spacial score (nSPS) is 21.8. The second kappa shape index (κ2) is 6.32. The Labute approximate surface area is 148 Å². The number of aryl methyl sites for hydroxylation is 1. The van der Waals surface area contributed by atoms with Gasteiger partial charge in [-0.15, -0.1) is 6.58 Å². The molecule has 2 aromatic carbocycles. The van der Waals surface area contributed by atoms with E-state index in [1.165, 1.54) is 5.56 Å². The van der Waals surface area contributed by atoms with Crippen molar-refractivity contribution in [2.45, 2.75) is 31.2 Å². The summed E-state index contributed by atoms with van der Waals surface area (Å²) in [6.45, 7) is 4.37. The highest BCUT2D eigenvalue weighted by molar-refractivity contribution is 6.01. The van der Waals surface area contributed by atoms with Crippen LogP contribution in [0.15, 0.2) is 61.2 Å². The van der Waals surface area contributed by atoms with E-state index in [4.69, 9.17) is 0 Å². The third-order valence-corrected chi connectivity index (χ3v) is 5.37. The number of amides is 1. The Morgan fingerprint density at radius 2 is 1.72 bits per heavy atom. The minimum atomic E-state index is -0.276. The number of fused-ring (bicyclic) bond motifs is 2. The lowest BCUT2D eigenvalue weighted by Gasteiger charge is -2.35. The Morgan fingerprint density at radius 3 is 2.52 bits per heavy atom. The Balaban J connectivity index is 1.85. The topological polar surface area (TPSA) is 37.4 Å². The summed E-state index contributed by atoms with van der Waals surface area (Å²) in [7, 11) is 0. The third-order valence-electron chi connectivity index (χ3n) is 5.37. The summed E-state index contributed by atoms with van der Waals surface area (Å²) in [4.78, 5) is 27.7. The van der Waals surface area contributed by atoms with Crippen LogP contribution < -0.4 is 0 Å². The van der Waals surface area contributed by atoms with Gasteiger partial charge < -0.3 is 4.90 Å². The van der Waals surface area contributed by atoms with Crippen molar-refractivity contribution in [2.24, 2.45) is 0 Å². The quantitative estimate of drug-likeness (QED) is 0.792. The van der Waals surface area contributed by atoms with Crippen LogP contribution in [-0.2, 0) is 11.2 Å². The largest absolute Gasteiger partial charge is 0.330 e. The molecular formula is C22H21NO2. The van der Waals surface area contributed by atoms with Crippen LogP contribution in [0.1, 0.15) is 51.8 Å². The molecule has 0 radical (unpaired) electrons. The maximum Gasteiger partial charge on any atom is 0.254 e. The van der Waals surface area contributed by atoms with Gasteiger partial charge in [0.25, 0.3) is 5.91 Å². The van der Waals surface area contributed by atoms with Gasteiger partial charge in [-0.3, -0.25) is 9.59 Å². The van der Waals surface area contributed by atoms with Gasteiger partial charge in [0.1, 0.15) is 5.78 Å². The van der Waals surface area contributed by atoms with Crippen molar-refractivity contribution in [2.75, 3.05) is 6.54 Å². The highest BCUT2D eigenvalue weighted by Gasteiger charge is 2.45. The average molecular weight is 331 g/mol. The number of benzene rings is 2. The molecule has 0 aromatic heterocycles. The van der Waals surface area contributed by atoms with Gasteiger partial charge in [-0.25, -0.2) is 0 Å². The lowest BCUT2D eigenvalue weighted by molar-refractivity contribution is -0.122. The summed E-state index contributed by atoms with van der Waals surface area (Å²) in [6.07, 6.45) is 3.88. The first-order valence-electron chi connectivity index (χ1n) is 8.83. The Kier molecular flexibility index (Phi) is 4.00. The highest BCUT2D eigenvalue weighted by Crippen LogP contribution is 2.46. The number of carbonyl (C=O) groups excluding carboxylic acids is 2. The number of carbonyl (C=O) groups is 2. The molecule has 2 atom stereocenters. The van der Waals surface area contributed by atoms with Crippen LogP contribution in [0.4, 0.5) is 0 Å². The van der Waals surface area contributed by atoms with E-state index < -0.39 is 0 Å². The van der Waals surface area contributed by atoms with Gasteiger partial charge in [0.15, 0.2) is 0 Å². The predicted molar refractivity (Wildman–Crippen MR) is 97.5 cm³/mol. The minimum absolute atomic E-state index is 0.0262. The lowest BCUT2D eigenvalue weighted by Crippen LogP contribution is -2.36. The molecule has 2 aromatic rings. The predicted octanol–water partition coefficient (Wildman–Crippen LogP) is 4.06. The number of Topliss-reactive ketones (excluding diaryl/α,β-unsaturated/α-hetero) is 1. The van der Waals surface area contributed by atoms with Crippen molar-refractivity contribution >= 4 is 11.7 Å². The molecule has 3 heteroatoms. The van der Waals surface area contributed by atoms with Crippen molar-refractivity contribution in [3.05, 3.63) is 83.4 Å². The summed E-state index contributed by atoms with van der Waals surface area (Å²) in [5.74, 6) is -0.0162. The summed E-state index contributed by atoms with van der Waals surface area (Å²) in [6, 6.07) is 15.7. The maximum absolute atomic E-state index is 13.0. The van der Waals surface area contributed by atoms with E-state index in [2.05, 4.69) is 12.6 Å². The molecule has 0 N–H and O–H groups in total. The highest BCUT2D eigenvalue weighted by atomic mass is 16.2. The molecule has 126 valence electrons. The SMILES string of the molecule is C=CCCN1C(=O)c2ccccc2C1C1C(=O)CCc2ccccc21. The van der Waals surface area contributed by atoms with E-state index in [-0.39, 0.29) is 23.7 Å². The van der Waals surface area contributed by atoms with Gasteiger partial charge in [-0.1, -0.05) is 48.5 Å². The maximum atomic E-state index is 13.0. The summed E-state index contributed by atoms with van der Waals surface area (Å²) >= 11 is 0. The molecule has 0 bridgehead atoms. The molecule has 0 saturated heterocycles. The average Bonchev–Trinajstić information content (AvgIpc) is 2.92. The second-order valence-corrected chi connectivity index (χ2v) is 6.75. The zero-order valence-corrected chi connectivity index (χ0v) is 14.2. The molecule has 1 aliphatic carbocycles.